The zero-order valence-electron chi connectivity index (χ0n) is 9.84. The van der Waals surface area contributed by atoms with Crippen molar-refractivity contribution in [1.82, 2.24) is 0 Å². The molecule has 3 unspecified atom stereocenters. The van der Waals surface area contributed by atoms with Crippen molar-refractivity contribution in [2.24, 2.45) is 5.92 Å². The molecule has 1 fully saturated rings. The second-order valence-electron chi connectivity index (χ2n) is 4.81. The maximum Gasteiger partial charge on any atom is 0.0913 e. The monoisotopic (exact) mass is 184 g/mol. The maximum absolute atomic E-state index is 2.45. The quantitative estimate of drug-likeness (QED) is 0.591. The van der Waals surface area contributed by atoms with E-state index in [1.165, 1.54) is 43.3 Å². The first-order valence-electron chi connectivity index (χ1n) is 6.02. The highest BCUT2D eigenvalue weighted by atomic mass is 15.4. The average molecular weight is 184 g/mol. The van der Waals surface area contributed by atoms with E-state index < -0.39 is 0 Å². The predicted molar refractivity (Wildman–Crippen MR) is 58.7 cm³/mol. The third-order valence-corrected chi connectivity index (χ3v) is 4.25. The van der Waals surface area contributed by atoms with Crippen LogP contribution in [0.15, 0.2) is 0 Å². The minimum atomic E-state index is 0.934. The third-order valence-electron chi connectivity index (χ3n) is 4.25. The lowest BCUT2D eigenvalue weighted by Crippen LogP contribution is -2.58. The Morgan fingerprint density at radius 1 is 1.15 bits per heavy atom. The lowest BCUT2D eigenvalue weighted by atomic mass is 9.84. The van der Waals surface area contributed by atoms with E-state index in [0.717, 1.165) is 12.0 Å². The lowest BCUT2D eigenvalue weighted by molar-refractivity contribution is -0.941. The second kappa shape index (κ2) is 4.45. The van der Waals surface area contributed by atoms with Crippen molar-refractivity contribution >= 4 is 0 Å². The topological polar surface area (TPSA) is 0 Å². The summed E-state index contributed by atoms with van der Waals surface area (Å²) in [4.78, 5) is 0. The molecule has 0 aromatic rings. The molecule has 1 rings (SSSR count). The van der Waals surface area contributed by atoms with Crippen LogP contribution in [0.2, 0.25) is 0 Å². The molecule has 0 N–H and O–H groups in total. The summed E-state index contributed by atoms with van der Waals surface area (Å²) in [5.74, 6) is 0.990. The van der Waals surface area contributed by atoms with Crippen LogP contribution in [0.1, 0.15) is 46.5 Å². The van der Waals surface area contributed by atoms with Crippen LogP contribution in [-0.4, -0.2) is 30.7 Å². The highest BCUT2D eigenvalue weighted by Gasteiger charge is 2.38. The minimum Gasteiger partial charge on any atom is -0.324 e. The summed E-state index contributed by atoms with van der Waals surface area (Å²) in [5.41, 5.74) is 0. The molecule has 78 valence electrons. The highest BCUT2D eigenvalue weighted by molar-refractivity contribution is 4.73. The molecule has 0 spiro atoms. The second-order valence-corrected chi connectivity index (χ2v) is 4.81. The molecule has 1 aliphatic heterocycles. The molecule has 0 amide bonds. The minimum absolute atomic E-state index is 0.934. The SMILES string of the molecule is CCC1CCC[N+](C)(CC)C1CC. The van der Waals surface area contributed by atoms with Crippen LogP contribution in [0.5, 0.6) is 0 Å². The molecular weight excluding hydrogens is 158 g/mol. The van der Waals surface area contributed by atoms with Crippen molar-refractivity contribution < 1.29 is 4.48 Å². The van der Waals surface area contributed by atoms with E-state index in [2.05, 4.69) is 27.8 Å². The van der Waals surface area contributed by atoms with Crippen LogP contribution in [0.4, 0.5) is 0 Å². The third kappa shape index (κ3) is 2.07. The van der Waals surface area contributed by atoms with E-state index in [9.17, 15) is 0 Å². The van der Waals surface area contributed by atoms with Crippen LogP contribution in [0.25, 0.3) is 0 Å². The van der Waals surface area contributed by atoms with Gasteiger partial charge >= 0.3 is 0 Å². The highest BCUT2D eigenvalue weighted by Crippen LogP contribution is 2.32. The maximum atomic E-state index is 2.45. The first-order valence-corrected chi connectivity index (χ1v) is 6.02. The van der Waals surface area contributed by atoms with E-state index in [4.69, 9.17) is 0 Å². The fraction of sp³-hybridized carbons (Fsp3) is 1.00. The first-order chi connectivity index (χ1) is 6.18. The van der Waals surface area contributed by atoms with Gasteiger partial charge in [-0.15, -0.1) is 0 Å². The van der Waals surface area contributed by atoms with Crippen LogP contribution in [-0.2, 0) is 0 Å². The normalized spacial score (nSPS) is 40.6. The van der Waals surface area contributed by atoms with Crippen molar-refractivity contribution in [1.29, 1.82) is 0 Å². The predicted octanol–water partition coefficient (Wildman–Crippen LogP) is 3.05. The molecule has 3 atom stereocenters. The van der Waals surface area contributed by atoms with Crippen LogP contribution in [0, 0.1) is 5.92 Å². The molecule has 1 aliphatic rings. The van der Waals surface area contributed by atoms with Crippen molar-refractivity contribution in [3.8, 4) is 0 Å². The average Bonchev–Trinajstić information content (AvgIpc) is 2.17. The number of piperidine rings is 1. The van der Waals surface area contributed by atoms with Gasteiger partial charge in [-0.25, -0.2) is 0 Å². The smallest absolute Gasteiger partial charge is 0.0913 e. The summed E-state index contributed by atoms with van der Waals surface area (Å²) in [6, 6.07) is 0.934. The summed E-state index contributed by atoms with van der Waals surface area (Å²) in [7, 11) is 2.45. The zero-order valence-corrected chi connectivity index (χ0v) is 9.84. The van der Waals surface area contributed by atoms with E-state index in [1.807, 2.05) is 0 Å². The van der Waals surface area contributed by atoms with Gasteiger partial charge in [-0.3, -0.25) is 0 Å². The van der Waals surface area contributed by atoms with Crippen molar-refractivity contribution in [3.63, 3.8) is 0 Å². The number of hydrogen-bond donors (Lipinski definition) is 0. The van der Waals surface area contributed by atoms with Crippen LogP contribution >= 0.6 is 0 Å². The van der Waals surface area contributed by atoms with Gasteiger partial charge < -0.3 is 4.48 Å². The van der Waals surface area contributed by atoms with Gasteiger partial charge in [0.1, 0.15) is 0 Å². The molecule has 0 aliphatic carbocycles. The van der Waals surface area contributed by atoms with Gasteiger partial charge in [0.05, 0.1) is 26.2 Å². The zero-order chi connectivity index (χ0) is 9.90. The Morgan fingerprint density at radius 2 is 1.85 bits per heavy atom. The summed E-state index contributed by atoms with van der Waals surface area (Å²) in [6.45, 7) is 9.80. The summed E-state index contributed by atoms with van der Waals surface area (Å²) in [5, 5.41) is 0. The largest absolute Gasteiger partial charge is 0.324 e. The Balaban J connectivity index is 2.72. The number of hydrogen-bond acceptors (Lipinski definition) is 0. The standard InChI is InChI=1S/C12H26N/c1-5-11-9-8-10-13(4,7-3)12(11)6-2/h11-12H,5-10H2,1-4H3/q+1. The van der Waals surface area contributed by atoms with Gasteiger partial charge in [-0.2, -0.15) is 0 Å². The summed E-state index contributed by atoms with van der Waals surface area (Å²) < 4.78 is 1.33. The molecular formula is C12H26N+. The molecule has 1 saturated heterocycles. The molecule has 0 radical (unpaired) electrons. The molecule has 1 heterocycles. The van der Waals surface area contributed by atoms with Crippen molar-refractivity contribution in [3.05, 3.63) is 0 Å². The van der Waals surface area contributed by atoms with E-state index >= 15 is 0 Å². The van der Waals surface area contributed by atoms with Gasteiger partial charge in [0, 0.05) is 5.92 Å². The van der Waals surface area contributed by atoms with Gasteiger partial charge in [0.25, 0.3) is 0 Å². The Labute approximate surface area is 83.7 Å². The van der Waals surface area contributed by atoms with Gasteiger partial charge in [0.15, 0.2) is 0 Å². The molecule has 0 aromatic heterocycles. The number of likely N-dealkylation sites (tertiary alicyclic amines) is 1. The van der Waals surface area contributed by atoms with E-state index in [-0.39, 0.29) is 0 Å². The van der Waals surface area contributed by atoms with Crippen LogP contribution in [0.3, 0.4) is 0 Å². The van der Waals surface area contributed by atoms with E-state index in [1.54, 1.807) is 0 Å². The van der Waals surface area contributed by atoms with Gasteiger partial charge in [-0.1, -0.05) is 13.8 Å². The first kappa shape index (κ1) is 11.0. The number of quaternary nitrogens is 1. The fourth-order valence-corrected chi connectivity index (χ4v) is 3.22. The Kier molecular flexibility index (Phi) is 3.78. The molecule has 1 nitrogen and oxygen atoms in total. The van der Waals surface area contributed by atoms with Crippen molar-refractivity contribution in [2.45, 2.75) is 52.5 Å². The molecule has 0 bridgehead atoms. The molecule has 0 aromatic carbocycles. The molecule has 13 heavy (non-hydrogen) atoms. The summed E-state index contributed by atoms with van der Waals surface area (Å²) >= 11 is 0. The lowest BCUT2D eigenvalue weighted by Gasteiger charge is -2.48. The fourth-order valence-electron chi connectivity index (χ4n) is 3.22. The van der Waals surface area contributed by atoms with Crippen LogP contribution < -0.4 is 0 Å². The van der Waals surface area contributed by atoms with Gasteiger partial charge in [0.2, 0.25) is 0 Å². The Morgan fingerprint density at radius 3 is 2.31 bits per heavy atom. The van der Waals surface area contributed by atoms with Crippen molar-refractivity contribution in [2.75, 3.05) is 20.1 Å². The molecule has 1 heteroatoms. The Hall–Kier alpha value is -0.0400. The number of nitrogens with zero attached hydrogens (tertiary/aromatic N) is 1. The van der Waals surface area contributed by atoms with E-state index in [0.29, 0.717) is 0 Å². The molecule has 0 saturated carbocycles. The van der Waals surface area contributed by atoms with Gasteiger partial charge in [-0.05, 0) is 32.6 Å². The summed E-state index contributed by atoms with van der Waals surface area (Å²) in [6.07, 6.45) is 5.66. The number of rotatable bonds is 3. The Bertz CT molecular complexity index is 155.